The highest BCUT2D eigenvalue weighted by atomic mass is 32.2. The number of ether oxygens (including phenoxy) is 1. The number of hydrogen-bond donors (Lipinski definition) is 2. The molecule has 1 unspecified atom stereocenters. The number of hydrogen-bond acceptors (Lipinski definition) is 7. The molecule has 10 heteroatoms. The van der Waals surface area contributed by atoms with Gasteiger partial charge in [-0.25, -0.2) is 14.2 Å². The molecule has 2 aliphatic rings. The van der Waals surface area contributed by atoms with Crippen LogP contribution < -0.4 is 10.6 Å². The zero-order valence-corrected chi connectivity index (χ0v) is 21.2. The average molecular weight is 510 g/mol. The van der Waals surface area contributed by atoms with Gasteiger partial charge in [0.2, 0.25) is 0 Å². The number of nitriles is 1. The van der Waals surface area contributed by atoms with Crippen LogP contribution in [-0.4, -0.2) is 33.5 Å². The number of halogens is 1. The van der Waals surface area contributed by atoms with E-state index >= 15 is 4.39 Å². The van der Waals surface area contributed by atoms with E-state index in [0.29, 0.717) is 34.2 Å². The van der Waals surface area contributed by atoms with E-state index in [-0.39, 0.29) is 11.6 Å². The zero-order chi connectivity index (χ0) is 25.9. The van der Waals surface area contributed by atoms with Crippen LogP contribution in [0, 0.1) is 23.1 Å². The lowest BCUT2D eigenvalue weighted by Gasteiger charge is -2.44. The number of alkyl carbamates (subject to hydrolysis) is 1. The maximum Gasteiger partial charge on any atom is 0.413 e. The summed E-state index contributed by atoms with van der Waals surface area (Å²) in [5.74, 6) is -0.116. The number of fused-ring (bicyclic) bond motifs is 1. The van der Waals surface area contributed by atoms with Crippen molar-refractivity contribution in [2.45, 2.75) is 57.6 Å². The third kappa shape index (κ3) is 5.68. The first-order chi connectivity index (χ1) is 17.1. The molecule has 36 heavy (non-hydrogen) atoms. The van der Waals surface area contributed by atoms with Crippen LogP contribution in [0.2, 0.25) is 0 Å². The summed E-state index contributed by atoms with van der Waals surface area (Å²) in [4.78, 5) is 34.0. The number of amidine groups is 1. The van der Waals surface area contributed by atoms with Crippen molar-refractivity contribution in [3.8, 4) is 6.07 Å². The van der Waals surface area contributed by atoms with Crippen molar-refractivity contribution in [2.75, 3.05) is 11.1 Å². The number of carbonyl (C=O) groups is 2. The molecule has 2 N–H and O–H groups in total. The predicted octanol–water partition coefficient (Wildman–Crippen LogP) is 5.36. The first kappa shape index (κ1) is 25.6. The molecule has 1 aliphatic carbocycles. The fourth-order valence-corrected chi connectivity index (χ4v) is 5.77. The van der Waals surface area contributed by atoms with Crippen molar-refractivity contribution in [3.05, 3.63) is 59.2 Å². The number of rotatable bonds is 3. The Kier molecular flexibility index (Phi) is 7.31. The van der Waals surface area contributed by atoms with E-state index in [2.05, 4.69) is 15.6 Å². The Morgan fingerprint density at radius 3 is 2.72 bits per heavy atom. The first-order valence-electron chi connectivity index (χ1n) is 11.8. The van der Waals surface area contributed by atoms with Crippen LogP contribution in [-0.2, 0) is 10.3 Å². The summed E-state index contributed by atoms with van der Waals surface area (Å²) >= 11 is 1.43. The van der Waals surface area contributed by atoms with E-state index in [4.69, 9.17) is 15.0 Å². The standard InChI is InChI=1S/C26H28FN5O3S/c1-25(2,3)35-24(34)31-23-32-26(11-5-4-6-17(26)15-36-23)19-12-18(8-9-20(19)27)30-22(33)21-10-7-16(13-28)14-29-21/h7-10,12,14,17H,4-6,11,15H2,1-3H3,(H,30,33)(H,31,32,34)/t17?,26-/m0/s1. The van der Waals surface area contributed by atoms with Crippen molar-refractivity contribution in [1.82, 2.24) is 10.3 Å². The van der Waals surface area contributed by atoms with Crippen molar-refractivity contribution in [2.24, 2.45) is 10.9 Å². The Morgan fingerprint density at radius 2 is 2.03 bits per heavy atom. The van der Waals surface area contributed by atoms with E-state index in [1.54, 1.807) is 26.8 Å². The SMILES string of the molecule is CC(C)(C)OC(=O)NC1=N[C@@]2(c3cc(NC(=O)c4ccc(C#N)cn4)ccc3F)CCCCC2CS1. The van der Waals surface area contributed by atoms with Crippen LogP contribution in [0.3, 0.4) is 0 Å². The Labute approximate surface area is 213 Å². The molecular weight excluding hydrogens is 481 g/mol. The molecule has 8 nitrogen and oxygen atoms in total. The molecule has 1 fully saturated rings. The van der Waals surface area contributed by atoms with Gasteiger partial charge in [0.05, 0.1) is 11.1 Å². The van der Waals surface area contributed by atoms with Crippen LogP contribution >= 0.6 is 11.8 Å². The van der Waals surface area contributed by atoms with Crippen molar-refractivity contribution < 1.29 is 18.7 Å². The quantitative estimate of drug-likeness (QED) is 0.576. The van der Waals surface area contributed by atoms with Crippen LogP contribution in [0.4, 0.5) is 14.9 Å². The number of amides is 2. The topological polar surface area (TPSA) is 116 Å². The maximum absolute atomic E-state index is 15.3. The van der Waals surface area contributed by atoms with Crippen LogP contribution in [0.15, 0.2) is 41.5 Å². The van der Waals surface area contributed by atoms with Crippen molar-refractivity contribution in [3.63, 3.8) is 0 Å². The number of nitrogens with zero attached hydrogens (tertiary/aromatic N) is 3. The summed E-state index contributed by atoms with van der Waals surface area (Å²) in [5, 5.41) is 14.8. The number of aliphatic imine (C=N–C) groups is 1. The molecule has 1 aromatic heterocycles. The minimum atomic E-state index is -0.856. The van der Waals surface area contributed by atoms with E-state index in [1.807, 2.05) is 6.07 Å². The third-order valence-corrected chi connectivity index (χ3v) is 7.22. The largest absolute Gasteiger partial charge is 0.444 e. The van der Waals surface area contributed by atoms with Gasteiger partial charge in [-0.3, -0.25) is 15.1 Å². The molecule has 1 aliphatic heterocycles. The number of nitrogens with one attached hydrogen (secondary N) is 2. The van der Waals surface area contributed by atoms with Gasteiger partial charge in [0.1, 0.15) is 23.2 Å². The number of pyridine rings is 1. The fourth-order valence-electron chi connectivity index (χ4n) is 4.58. The lowest BCUT2D eigenvalue weighted by atomic mass is 9.69. The van der Waals surface area contributed by atoms with Crippen LogP contribution in [0.1, 0.15) is 68.1 Å². The number of aromatic nitrogens is 1. The Morgan fingerprint density at radius 1 is 1.22 bits per heavy atom. The molecular formula is C26H28FN5O3S. The van der Waals surface area contributed by atoms with Gasteiger partial charge in [0, 0.05) is 23.2 Å². The van der Waals surface area contributed by atoms with E-state index in [9.17, 15) is 9.59 Å². The molecule has 2 aromatic rings. The minimum Gasteiger partial charge on any atom is -0.444 e. The predicted molar refractivity (Wildman–Crippen MR) is 136 cm³/mol. The number of carbonyl (C=O) groups excluding carboxylic acids is 2. The average Bonchev–Trinajstić information content (AvgIpc) is 2.83. The van der Waals surface area contributed by atoms with Gasteiger partial charge < -0.3 is 10.1 Å². The second-order valence-corrected chi connectivity index (χ2v) is 10.9. The normalized spacial score (nSPS) is 21.4. The van der Waals surface area contributed by atoms with Gasteiger partial charge in [-0.2, -0.15) is 5.26 Å². The summed E-state index contributed by atoms with van der Waals surface area (Å²) in [6.07, 6.45) is 4.14. The Bertz CT molecular complexity index is 1240. The molecule has 2 amide bonds. The number of benzene rings is 1. The Hall–Kier alpha value is -3.45. The third-order valence-electron chi connectivity index (χ3n) is 6.18. The fraction of sp³-hybridized carbons (Fsp3) is 0.423. The molecule has 2 heterocycles. The van der Waals surface area contributed by atoms with Crippen LogP contribution in [0.5, 0.6) is 0 Å². The maximum atomic E-state index is 15.3. The summed E-state index contributed by atoms with van der Waals surface area (Å²) in [7, 11) is 0. The smallest absolute Gasteiger partial charge is 0.413 e. The lowest BCUT2D eigenvalue weighted by molar-refractivity contribution is 0.0563. The zero-order valence-electron chi connectivity index (χ0n) is 20.4. The van der Waals surface area contributed by atoms with Gasteiger partial charge in [0.25, 0.3) is 5.91 Å². The van der Waals surface area contributed by atoms with Crippen LogP contribution in [0.25, 0.3) is 0 Å². The second kappa shape index (κ2) is 10.3. The monoisotopic (exact) mass is 509 g/mol. The van der Waals surface area contributed by atoms with Gasteiger partial charge in [-0.1, -0.05) is 24.6 Å². The van der Waals surface area contributed by atoms with Crippen molar-refractivity contribution >= 4 is 34.6 Å². The summed E-state index contributed by atoms with van der Waals surface area (Å²) in [6, 6.07) is 9.39. The van der Waals surface area contributed by atoms with E-state index in [0.717, 1.165) is 19.3 Å². The van der Waals surface area contributed by atoms with Gasteiger partial charge in [-0.15, -0.1) is 0 Å². The Balaban J connectivity index is 1.64. The summed E-state index contributed by atoms with van der Waals surface area (Å²) in [5.41, 5.74) is -0.215. The minimum absolute atomic E-state index is 0.0843. The molecule has 0 spiro atoms. The highest BCUT2D eigenvalue weighted by Gasteiger charge is 2.46. The molecule has 188 valence electrons. The van der Waals surface area contributed by atoms with Gasteiger partial charge >= 0.3 is 6.09 Å². The highest BCUT2D eigenvalue weighted by molar-refractivity contribution is 8.13. The molecule has 2 atom stereocenters. The molecule has 1 aromatic carbocycles. The molecule has 1 saturated carbocycles. The highest BCUT2D eigenvalue weighted by Crippen LogP contribution is 2.50. The van der Waals surface area contributed by atoms with Crippen molar-refractivity contribution in [1.29, 1.82) is 5.26 Å². The first-order valence-corrected chi connectivity index (χ1v) is 12.8. The molecule has 0 saturated heterocycles. The van der Waals surface area contributed by atoms with E-state index < -0.39 is 29.0 Å². The van der Waals surface area contributed by atoms with Gasteiger partial charge in [0.15, 0.2) is 5.17 Å². The summed E-state index contributed by atoms with van der Waals surface area (Å²) in [6.45, 7) is 5.34. The molecule has 0 bridgehead atoms. The second-order valence-electron chi connectivity index (χ2n) is 9.91. The van der Waals surface area contributed by atoms with E-state index in [1.165, 1.54) is 42.2 Å². The van der Waals surface area contributed by atoms with Gasteiger partial charge in [-0.05, 0) is 69.9 Å². The lowest BCUT2D eigenvalue weighted by Crippen LogP contribution is -2.45. The molecule has 4 rings (SSSR count). The molecule has 0 radical (unpaired) electrons. The summed E-state index contributed by atoms with van der Waals surface area (Å²) < 4.78 is 20.7. The number of anilines is 1. The number of thioether (sulfide) groups is 1.